The Morgan fingerprint density at radius 3 is 2.50 bits per heavy atom. The third kappa shape index (κ3) is 2.55. The standard InChI is InChI=1S/C12H8Cl2N2O2/c13-7-2-1-3-8(14)11(7)12(18)16-9-4-5-15-6-10(9)17/h1-6,17H,(H,15,16,18). The van der Waals surface area contributed by atoms with Gasteiger partial charge in [-0.25, -0.2) is 0 Å². The van der Waals surface area contributed by atoms with Crippen molar-refractivity contribution in [1.29, 1.82) is 0 Å². The van der Waals surface area contributed by atoms with Gasteiger partial charge in [0.15, 0.2) is 5.75 Å². The van der Waals surface area contributed by atoms with Gasteiger partial charge in [0.2, 0.25) is 0 Å². The molecule has 0 spiro atoms. The van der Waals surface area contributed by atoms with Crippen LogP contribution in [0.15, 0.2) is 36.7 Å². The lowest BCUT2D eigenvalue weighted by Gasteiger charge is -2.09. The predicted molar refractivity (Wildman–Crippen MR) is 70.3 cm³/mol. The van der Waals surface area contributed by atoms with Gasteiger partial charge in [-0.05, 0) is 18.2 Å². The highest BCUT2D eigenvalue weighted by Crippen LogP contribution is 2.27. The number of carbonyl (C=O) groups excluding carboxylic acids is 1. The zero-order chi connectivity index (χ0) is 13.1. The van der Waals surface area contributed by atoms with E-state index >= 15 is 0 Å². The number of pyridine rings is 1. The third-order valence-electron chi connectivity index (χ3n) is 2.24. The normalized spacial score (nSPS) is 10.1. The van der Waals surface area contributed by atoms with Crippen molar-refractivity contribution in [1.82, 2.24) is 4.98 Å². The van der Waals surface area contributed by atoms with E-state index in [0.29, 0.717) is 0 Å². The number of aromatic nitrogens is 1. The molecule has 2 rings (SSSR count). The van der Waals surface area contributed by atoms with E-state index in [1.807, 2.05) is 0 Å². The summed E-state index contributed by atoms with van der Waals surface area (Å²) in [5.74, 6) is -0.624. The van der Waals surface area contributed by atoms with Crippen LogP contribution in [-0.4, -0.2) is 16.0 Å². The number of aromatic hydroxyl groups is 1. The van der Waals surface area contributed by atoms with Gasteiger partial charge in [-0.1, -0.05) is 29.3 Å². The van der Waals surface area contributed by atoms with Crippen LogP contribution < -0.4 is 5.32 Å². The van der Waals surface area contributed by atoms with E-state index in [4.69, 9.17) is 23.2 Å². The first-order valence-electron chi connectivity index (χ1n) is 4.98. The molecule has 1 aromatic heterocycles. The Kier molecular flexibility index (Phi) is 3.69. The SMILES string of the molecule is O=C(Nc1ccncc1O)c1c(Cl)cccc1Cl. The van der Waals surface area contributed by atoms with E-state index in [1.165, 1.54) is 18.5 Å². The molecule has 2 N–H and O–H groups in total. The zero-order valence-electron chi connectivity index (χ0n) is 9.02. The van der Waals surface area contributed by atoms with Crippen LogP contribution in [0.3, 0.4) is 0 Å². The van der Waals surface area contributed by atoms with Gasteiger partial charge in [-0.2, -0.15) is 0 Å². The Labute approximate surface area is 113 Å². The quantitative estimate of drug-likeness (QED) is 0.888. The summed E-state index contributed by atoms with van der Waals surface area (Å²) in [4.78, 5) is 15.7. The number of hydrogen-bond acceptors (Lipinski definition) is 3. The molecule has 6 heteroatoms. The average Bonchev–Trinajstić information content (AvgIpc) is 2.32. The first-order valence-corrected chi connectivity index (χ1v) is 5.73. The molecule has 18 heavy (non-hydrogen) atoms. The van der Waals surface area contributed by atoms with Gasteiger partial charge in [-0.3, -0.25) is 9.78 Å². The predicted octanol–water partition coefficient (Wildman–Crippen LogP) is 3.35. The van der Waals surface area contributed by atoms with Crippen LogP contribution >= 0.6 is 23.2 Å². The molecule has 0 aliphatic heterocycles. The lowest BCUT2D eigenvalue weighted by atomic mass is 10.2. The second kappa shape index (κ2) is 5.25. The third-order valence-corrected chi connectivity index (χ3v) is 2.87. The summed E-state index contributed by atoms with van der Waals surface area (Å²) in [6, 6.07) is 6.24. The molecule has 0 atom stereocenters. The molecular formula is C12H8Cl2N2O2. The highest BCUT2D eigenvalue weighted by molar-refractivity contribution is 6.40. The molecule has 0 fully saturated rings. The van der Waals surface area contributed by atoms with Crippen molar-refractivity contribution in [2.24, 2.45) is 0 Å². The first kappa shape index (κ1) is 12.7. The molecule has 0 aliphatic rings. The smallest absolute Gasteiger partial charge is 0.258 e. The van der Waals surface area contributed by atoms with Crippen molar-refractivity contribution in [3.05, 3.63) is 52.3 Å². The molecule has 1 heterocycles. The van der Waals surface area contributed by atoms with Gasteiger partial charge >= 0.3 is 0 Å². The minimum Gasteiger partial charge on any atom is -0.504 e. The fourth-order valence-corrected chi connectivity index (χ4v) is 1.96. The van der Waals surface area contributed by atoms with E-state index in [-0.39, 0.29) is 27.0 Å². The molecule has 4 nitrogen and oxygen atoms in total. The highest BCUT2D eigenvalue weighted by Gasteiger charge is 2.15. The summed E-state index contributed by atoms with van der Waals surface area (Å²) in [6.45, 7) is 0. The molecule has 2 aromatic rings. The van der Waals surface area contributed by atoms with E-state index in [9.17, 15) is 9.90 Å². The maximum atomic E-state index is 12.0. The van der Waals surface area contributed by atoms with Crippen molar-refractivity contribution in [3.63, 3.8) is 0 Å². The Balaban J connectivity index is 2.31. The van der Waals surface area contributed by atoms with Crippen LogP contribution in [0.5, 0.6) is 5.75 Å². The Bertz CT molecular complexity index is 582. The van der Waals surface area contributed by atoms with Crippen LogP contribution in [0.4, 0.5) is 5.69 Å². The van der Waals surface area contributed by atoms with Crippen molar-refractivity contribution < 1.29 is 9.90 Å². The lowest BCUT2D eigenvalue weighted by molar-refractivity contribution is 0.102. The Hall–Kier alpha value is -1.78. The largest absolute Gasteiger partial charge is 0.504 e. The highest BCUT2D eigenvalue weighted by atomic mass is 35.5. The van der Waals surface area contributed by atoms with E-state index in [1.54, 1.807) is 18.2 Å². The molecule has 0 aliphatic carbocycles. The maximum absolute atomic E-state index is 12.0. The first-order chi connectivity index (χ1) is 8.59. The van der Waals surface area contributed by atoms with Crippen molar-refractivity contribution in [2.75, 3.05) is 5.32 Å². The molecular weight excluding hydrogens is 275 g/mol. The Morgan fingerprint density at radius 2 is 1.89 bits per heavy atom. The molecule has 0 saturated carbocycles. The van der Waals surface area contributed by atoms with Gasteiger partial charge in [0.25, 0.3) is 5.91 Å². The lowest BCUT2D eigenvalue weighted by Crippen LogP contribution is -2.13. The molecule has 0 unspecified atom stereocenters. The van der Waals surface area contributed by atoms with Crippen LogP contribution in [0.1, 0.15) is 10.4 Å². The minimum absolute atomic E-state index is 0.131. The van der Waals surface area contributed by atoms with E-state index in [0.717, 1.165) is 0 Å². The molecule has 1 aromatic carbocycles. The molecule has 92 valence electrons. The van der Waals surface area contributed by atoms with Gasteiger partial charge in [0.05, 0.1) is 27.5 Å². The summed E-state index contributed by atoms with van der Waals surface area (Å²) < 4.78 is 0. The van der Waals surface area contributed by atoms with Crippen LogP contribution in [0.2, 0.25) is 10.0 Å². The molecule has 0 saturated heterocycles. The van der Waals surface area contributed by atoms with Gasteiger partial charge in [-0.15, -0.1) is 0 Å². The number of rotatable bonds is 2. The Morgan fingerprint density at radius 1 is 1.22 bits per heavy atom. The van der Waals surface area contributed by atoms with Crippen LogP contribution in [-0.2, 0) is 0 Å². The van der Waals surface area contributed by atoms with Crippen LogP contribution in [0.25, 0.3) is 0 Å². The second-order valence-corrected chi connectivity index (χ2v) is 4.26. The maximum Gasteiger partial charge on any atom is 0.258 e. The summed E-state index contributed by atoms with van der Waals surface area (Å²) in [5.41, 5.74) is 0.406. The number of hydrogen-bond donors (Lipinski definition) is 2. The fraction of sp³-hybridized carbons (Fsp3) is 0. The molecule has 0 radical (unpaired) electrons. The van der Waals surface area contributed by atoms with Crippen molar-refractivity contribution >= 4 is 34.8 Å². The average molecular weight is 283 g/mol. The number of nitrogens with zero attached hydrogens (tertiary/aromatic N) is 1. The summed E-state index contributed by atoms with van der Waals surface area (Å²) >= 11 is 11.8. The second-order valence-electron chi connectivity index (χ2n) is 3.44. The number of halogens is 2. The number of benzene rings is 1. The number of anilines is 1. The summed E-state index contributed by atoms with van der Waals surface area (Å²) in [7, 11) is 0. The minimum atomic E-state index is -0.493. The number of amides is 1. The van der Waals surface area contributed by atoms with E-state index < -0.39 is 5.91 Å². The summed E-state index contributed by atoms with van der Waals surface area (Å²) in [5, 5.41) is 12.5. The topological polar surface area (TPSA) is 62.2 Å². The van der Waals surface area contributed by atoms with Crippen molar-refractivity contribution in [3.8, 4) is 5.75 Å². The monoisotopic (exact) mass is 282 g/mol. The van der Waals surface area contributed by atoms with Gasteiger partial charge in [0, 0.05) is 6.20 Å². The zero-order valence-corrected chi connectivity index (χ0v) is 10.5. The fourth-order valence-electron chi connectivity index (χ4n) is 1.39. The molecule has 0 bridgehead atoms. The van der Waals surface area contributed by atoms with Crippen molar-refractivity contribution in [2.45, 2.75) is 0 Å². The van der Waals surface area contributed by atoms with E-state index in [2.05, 4.69) is 10.3 Å². The van der Waals surface area contributed by atoms with Crippen LogP contribution in [0, 0.1) is 0 Å². The number of nitrogens with one attached hydrogen (secondary N) is 1. The number of carbonyl (C=O) groups is 1. The van der Waals surface area contributed by atoms with Gasteiger partial charge in [0.1, 0.15) is 0 Å². The summed E-state index contributed by atoms with van der Waals surface area (Å²) in [6.07, 6.45) is 2.67. The van der Waals surface area contributed by atoms with Gasteiger partial charge < -0.3 is 10.4 Å². The molecule has 1 amide bonds.